The Morgan fingerprint density at radius 3 is 2.57 bits per heavy atom. The van der Waals surface area contributed by atoms with Gasteiger partial charge < -0.3 is 20.1 Å². The predicted octanol–water partition coefficient (Wildman–Crippen LogP) is 2.08. The molecule has 2 rings (SSSR count). The number of likely N-dealkylation sites (tertiary alicyclic amines) is 1. The van der Waals surface area contributed by atoms with Gasteiger partial charge in [0.25, 0.3) is 0 Å². The highest BCUT2D eigenvalue weighted by molar-refractivity contribution is 5.78. The van der Waals surface area contributed by atoms with Crippen molar-refractivity contribution in [3.8, 4) is 11.5 Å². The van der Waals surface area contributed by atoms with Gasteiger partial charge in [-0.2, -0.15) is 0 Å². The molecule has 1 aliphatic heterocycles. The molecular formula is C18H28N2O3. The molecule has 1 heterocycles. The Morgan fingerprint density at radius 1 is 1.26 bits per heavy atom. The lowest BCUT2D eigenvalue weighted by Gasteiger charge is -2.37. The van der Waals surface area contributed by atoms with Crippen LogP contribution in [0.15, 0.2) is 18.2 Å². The van der Waals surface area contributed by atoms with Crippen LogP contribution < -0.4 is 15.2 Å². The number of piperidine rings is 1. The summed E-state index contributed by atoms with van der Waals surface area (Å²) < 4.78 is 10.6. The van der Waals surface area contributed by atoms with Crippen LogP contribution in [0.5, 0.6) is 11.5 Å². The van der Waals surface area contributed by atoms with Gasteiger partial charge in [-0.1, -0.05) is 19.9 Å². The van der Waals surface area contributed by atoms with E-state index in [0.29, 0.717) is 12.5 Å². The highest BCUT2D eigenvalue weighted by Crippen LogP contribution is 2.30. The van der Waals surface area contributed by atoms with E-state index in [1.165, 1.54) is 5.56 Å². The highest BCUT2D eigenvalue weighted by Gasteiger charge is 2.29. The number of carbonyl (C=O) groups excluding carboxylic acids is 1. The van der Waals surface area contributed by atoms with Gasteiger partial charge in [0.15, 0.2) is 11.5 Å². The van der Waals surface area contributed by atoms with E-state index in [9.17, 15) is 4.79 Å². The van der Waals surface area contributed by atoms with Crippen LogP contribution in [0.1, 0.15) is 25.8 Å². The minimum absolute atomic E-state index is 0.0158. The Kier molecular flexibility index (Phi) is 5.88. The zero-order valence-corrected chi connectivity index (χ0v) is 14.5. The molecular weight excluding hydrogens is 292 g/mol. The summed E-state index contributed by atoms with van der Waals surface area (Å²) in [5.74, 6) is 2.05. The lowest BCUT2D eigenvalue weighted by Crippen LogP contribution is -2.51. The van der Waals surface area contributed by atoms with Gasteiger partial charge in [0.2, 0.25) is 5.91 Å². The van der Waals surface area contributed by atoms with Gasteiger partial charge in [-0.25, -0.2) is 0 Å². The summed E-state index contributed by atoms with van der Waals surface area (Å²) in [6.45, 7) is 5.32. The zero-order valence-electron chi connectivity index (χ0n) is 14.5. The van der Waals surface area contributed by atoms with E-state index in [1.807, 2.05) is 30.9 Å². The second-order valence-electron chi connectivity index (χ2n) is 6.65. The molecule has 1 amide bonds. The largest absolute Gasteiger partial charge is 0.493 e. The summed E-state index contributed by atoms with van der Waals surface area (Å²) in [6.07, 6.45) is 1.83. The first-order chi connectivity index (χ1) is 10.9. The Bertz CT molecular complexity index is 545. The van der Waals surface area contributed by atoms with Crippen LogP contribution in [-0.2, 0) is 11.2 Å². The molecule has 5 nitrogen and oxygen atoms in total. The summed E-state index contributed by atoms with van der Waals surface area (Å²) >= 11 is 0. The molecule has 1 saturated heterocycles. The van der Waals surface area contributed by atoms with Crippen molar-refractivity contribution in [1.29, 1.82) is 0 Å². The van der Waals surface area contributed by atoms with Crippen LogP contribution in [0, 0.1) is 11.8 Å². The Hall–Kier alpha value is -1.75. The van der Waals surface area contributed by atoms with Gasteiger partial charge >= 0.3 is 0 Å². The van der Waals surface area contributed by atoms with Crippen molar-refractivity contribution in [3.63, 3.8) is 0 Å². The number of hydrogen-bond donors (Lipinski definition) is 1. The Labute approximate surface area is 138 Å². The first kappa shape index (κ1) is 17.6. The summed E-state index contributed by atoms with van der Waals surface area (Å²) in [5, 5.41) is 0. The van der Waals surface area contributed by atoms with Crippen molar-refractivity contribution in [1.82, 2.24) is 4.90 Å². The number of benzene rings is 1. The normalized spacial score (nSPS) is 21.4. The van der Waals surface area contributed by atoms with Crippen molar-refractivity contribution in [3.05, 3.63) is 23.8 Å². The van der Waals surface area contributed by atoms with E-state index in [0.717, 1.165) is 30.9 Å². The SMILES string of the molecule is COc1ccc(CC2CC(N)CN(C(=O)C(C)C)C2)cc1OC. The lowest BCUT2D eigenvalue weighted by molar-refractivity contribution is -0.136. The fourth-order valence-corrected chi connectivity index (χ4v) is 3.28. The molecule has 1 aromatic carbocycles. The maximum atomic E-state index is 12.3. The Balaban J connectivity index is 2.08. The summed E-state index contributed by atoms with van der Waals surface area (Å²) in [5.41, 5.74) is 7.35. The molecule has 0 saturated carbocycles. The molecule has 0 spiro atoms. The maximum absolute atomic E-state index is 12.3. The van der Waals surface area contributed by atoms with Crippen LogP contribution >= 0.6 is 0 Å². The minimum atomic E-state index is 0.0158. The standard InChI is InChI=1S/C18H28N2O3/c1-12(2)18(21)20-10-14(8-15(19)11-20)7-13-5-6-16(22-3)17(9-13)23-4/h5-6,9,12,14-15H,7-8,10-11,19H2,1-4H3. The molecule has 0 aromatic heterocycles. The third kappa shape index (κ3) is 4.38. The van der Waals surface area contributed by atoms with Crippen LogP contribution in [-0.4, -0.2) is 44.2 Å². The van der Waals surface area contributed by atoms with Crippen LogP contribution in [0.2, 0.25) is 0 Å². The van der Waals surface area contributed by atoms with Gasteiger partial charge in [0.1, 0.15) is 0 Å². The number of methoxy groups -OCH3 is 2. The van der Waals surface area contributed by atoms with Crippen molar-refractivity contribution in [2.45, 2.75) is 32.7 Å². The quantitative estimate of drug-likeness (QED) is 0.902. The predicted molar refractivity (Wildman–Crippen MR) is 90.8 cm³/mol. The third-order valence-corrected chi connectivity index (χ3v) is 4.35. The molecule has 128 valence electrons. The molecule has 1 aromatic rings. The monoisotopic (exact) mass is 320 g/mol. The van der Waals surface area contributed by atoms with E-state index >= 15 is 0 Å². The van der Waals surface area contributed by atoms with Crippen molar-refractivity contribution < 1.29 is 14.3 Å². The zero-order chi connectivity index (χ0) is 17.0. The number of amides is 1. The molecule has 0 radical (unpaired) electrons. The smallest absolute Gasteiger partial charge is 0.225 e. The van der Waals surface area contributed by atoms with Crippen molar-refractivity contribution in [2.24, 2.45) is 17.6 Å². The van der Waals surface area contributed by atoms with E-state index < -0.39 is 0 Å². The number of hydrogen-bond acceptors (Lipinski definition) is 4. The van der Waals surface area contributed by atoms with E-state index in [-0.39, 0.29) is 17.9 Å². The van der Waals surface area contributed by atoms with Gasteiger partial charge in [0.05, 0.1) is 14.2 Å². The molecule has 0 bridgehead atoms. The number of nitrogens with two attached hydrogens (primary N) is 1. The first-order valence-electron chi connectivity index (χ1n) is 8.19. The molecule has 23 heavy (non-hydrogen) atoms. The van der Waals surface area contributed by atoms with Gasteiger partial charge in [-0.15, -0.1) is 0 Å². The summed E-state index contributed by atoms with van der Waals surface area (Å²) in [4.78, 5) is 14.2. The third-order valence-electron chi connectivity index (χ3n) is 4.35. The number of carbonyl (C=O) groups is 1. The summed E-state index contributed by atoms with van der Waals surface area (Å²) in [7, 11) is 3.27. The van der Waals surface area contributed by atoms with E-state index in [2.05, 4.69) is 6.07 Å². The highest BCUT2D eigenvalue weighted by atomic mass is 16.5. The number of ether oxygens (including phenoxy) is 2. The summed E-state index contributed by atoms with van der Waals surface area (Å²) in [6, 6.07) is 6.04. The fourth-order valence-electron chi connectivity index (χ4n) is 3.28. The fraction of sp³-hybridized carbons (Fsp3) is 0.611. The molecule has 2 atom stereocenters. The molecule has 0 aliphatic carbocycles. The van der Waals surface area contributed by atoms with Crippen molar-refractivity contribution in [2.75, 3.05) is 27.3 Å². The molecule has 1 fully saturated rings. The molecule has 2 unspecified atom stereocenters. The topological polar surface area (TPSA) is 64.8 Å². The van der Waals surface area contributed by atoms with Gasteiger partial charge in [0, 0.05) is 25.0 Å². The van der Waals surface area contributed by atoms with E-state index in [1.54, 1.807) is 14.2 Å². The average molecular weight is 320 g/mol. The number of rotatable bonds is 5. The van der Waals surface area contributed by atoms with Crippen LogP contribution in [0.4, 0.5) is 0 Å². The average Bonchev–Trinajstić information content (AvgIpc) is 2.53. The minimum Gasteiger partial charge on any atom is -0.493 e. The van der Waals surface area contributed by atoms with Crippen LogP contribution in [0.3, 0.4) is 0 Å². The molecule has 2 N–H and O–H groups in total. The molecule has 5 heteroatoms. The second-order valence-corrected chi connectivity index (χ2v) is 6.65. The van der Waals surface area contributed by atoms with E-state index in [4.69, 9.17) is 15.2 Å². The maximum Gasteiger partial charge on any atom is 0.225 e. The first-order valence-corrected chi connectivity index (χ1v) is 8.19. The van der Waals surface area contributed by atoms with Gasteiger partial charge in [-0.05, 0) is 36.5 Å². The Morgan fingerprint density at radius 2 is 1.96 bits per heavy atom. The van der Waals surface area contributed by atoms with Crippen LogP contribution in [0.25, 0.3) is 0 Å². The van der Waals surface area contributed by atoms with Gasteiger partial charge in [-0.3, -0.25) is 4.79 Å². The lowest BCUT2D eigenvalue weighted by atomic mass is 9.88. The second kappa shape index (κ2) is 7.68. The molecule has 1 aliphatic rings. The number of nitrogens with zero attached hydrogens (tertiary/aromatic N) is 1. The van der Waals surface area contributed by atoms with Crippen molar-refractivity contribution >= 4 is 5.91 Å².